The van der Waals surface area contributed by atoms with Gasteiger partial charge in [-0.25, -0.2) is 0 Å². The third-order valence-electron chi connectivity index (χ3n) is 1.29. The summed E-state index contributed by atoms with van der Waals surface area (Å²) in [6, 6.07) is 0. The summed E-state index contributed by atoms with van der Waals surface area (Å²) in [4.78, 5) is 10.5. The minimum Gasteiger partial charge on any atom is -0.341 e. The van der Waals surface area contributed by atoms with Crippen molar-refractivity contribution in [2.45, 2.75) is 33.9 Å². The average molecular weight is 144 g/mol. The van der Waals surface area contributed by atoms with Gasteiger partial charge in [0.15, 0.2) is 0 Å². The molecular weight excluding hydrogens is 128 g/mol. The summed E-state index contributed by atoms with van der Waals surface area (Å²) in [5.41, 5.74) is 5.56. The van der Waals surface area contributed by atoms with Gasteiger partial charge in [-0.1, -0.05) is 20.8 Å². The molecule has 10 heavy (non-hydrogen) atoms. The van der Waals surface area contributed by atoms with Crippen molar-refractivity contribution in [3.8, 4) is 0 Å². The second-order valence-corrected chi connectivity index (χ2v) is 3.54. The van der Waals surface area contributed by atoms with Crippen LogP contribution in [-0.2, 0) is 4.79 Å². The Morgan fingerprint density at radius 3 is 2.00 bits per heavy atom. The van der Waals surface area contributed by atoms with E-state index in [2.05, 4.69) is 5.32 Å². The van der Waals surface area contributed by atoms with E-state index in [9.17, 15) is 4.79 Å². The van der Waals surface area contributed by atoms with E-state index in [0.717, 1.165) is 0 Å². The molecule has 0 aromatic carbocycles. The zero-order valence-electron chi connectivity index (χ0n) is 7.06. The standard InChI is InChI=1S/C7H16N2O/c1-5(10)9-6(8)7(2,3)4/h6H,8H2,1-4H3,(H,9,10). The Morgan fingerprint density at radius 2 is 1.90 bits per heavy atom. The van der Waals surface area contributed by atoms with Crippen LogP contribution in [0, 0.1) is 5.41 Å². The van der Waals surface area contributed by atoms with Gasteiger partial charge in [-0.2, -0.15) is 0 Å². The molecule has 0 spiro atoms. The van der Waals surface area contributed by atoms with Crippen LogP contribution in [0.4, 0.5) is 0 Å². The van der Waals surface area contributed by atoms with Crippen molar-refractivity contribution in [1.29, 1.82) is 0 Å². The Kier molecular flexibility index (Phi) is 2.84. The first-order valence-corrected chi connectivity index (χ1v) is 3.36. The molecule has 0 aliphatic heterocycles. The van der Waals surface area contributed by atoms with Crippen molar-refractivity contribution in [2.24, 2.45) is 11.1 Å². The van der Waals surface area contributed by atoms with Crippen LogP contribution in [0.15, 0.2) is 0 Å². The molecule has 0 aliphatic rings. The van der Waals surface area contributed by atoms with Crippen molar-refractivity contribution in [3.05, 3.63) is 0 Å². The molecule has 0 aliphatic carbocycles. The van der Waals surface area contributed by atoms with Crippen LogP contribution in [0.5, 0.6) is 0 Å². The van der Waals surface area contributed by atoms with Crippen molar-refractivity contribution >= 4 is 5.91 Å². The number of hydrogen-bond donors (Lipinski definition) is 2. The highest BCUT2D eigenvalue weighted by Crippen LogP contribution is 2.14. The van der Waals surface area contributed by atoms with Gasteiger partial charge in [0, 0.05) is 6.92 Å². The van der Waals surface area contributed by atoms with Gasteiger partial charge in [-0.15, -0.1) is 0 Å². The minimum absolute atomic E-state index is 0.0638. The first-order chi connectivity index (χ1) is 4.34. The van der Waals surface area contributed by atoms with Crippen molar-refractivity contribution in [3.63, 3.8) is 0 Å². The lowest BCUT2D eigenvalue weighted by Gasteiger charge is -2.27. The Hall–Kier alpha value is -0.570. The van der Waals surface area contributed by atoms with Gasteiger partial charge in [-0.3, -0.25) is 4.79 Å². The average Bonchev–Trinajstić information content (AvgIpc) is 1.60. The molecule has 1 amide bonds. The molecule has 1 atom stereocenters. The maximum absolute atomic E-state index is 10.5. The highest BCUT2D eigenvalue weighted by Gasteiger charge is 2.20. The van der Waals surface area contributed by atoms with E-state index < -0.39 is 0 Å². The summed E-state index contributed by atoms with van der Waals surface area (Å²) >= 11 is 0. The van der Waals surface area contributed by atoms with Crippen LogP contribution >= 0.6 is 0 Å². The van der Waals surface area contributed by atoms with E-state index in [1.807, 2.05) is 20.8 Å². The molecule has 0 saturated carbocycles. The summed E-state index contributed by atoms with van der Waals surface area (Å²) < 4.78 is 0. The largest absolute Gasteiger partial charge is 0.341 e. The molecule has 0 bridgehead atoms. The monoisotopic (exact) mass is 144 g/mol. The molecule has 0 saturated heterocycles. The quantitative estimate of drug-likeness (QED) is 0.525. The Balaban J connectivity index is 3.85. The van der Waals surface area contributed by atoms with E-state index >= 15 is 0 Å². The molecule has 0 heterocycles. The lowest BCUT2D eigenvalue weighted by Crippen LogP contribution is -2.49. The molecule has 1 unspecified atom stereocenters. The minimum atomic E-state index is -0.259. The third kappa shape index (κ3) is 3.45. The van der Waals surface area contributed by atoms with Crippen LogP contribution in [0.2, 0.25) is 0 Å². The molecule has 3 nitrogen and oxygen atoms in total. The van der Waals surface area contributed by atoms with Gasteiger partial charge >= 0.3 is 0 Å². The van der Waals surface area contributed by atoms with Crippen LogP contribution < -0.4 is 11.1 Å². The SMILES string of the molecule is CC(=O)NC(N)C(C)(C)C. The number of hydrogen-bond acceptors (Lipinski definition) is 2. The molecule has 0 aromatic heterocycles. The van der Waals surface area contributed by atoms with Crippen molar-refractivity contribution in [2.75, 3.05) is 0 Å². The summed E-state index contributed by atoms with van der Waals surface area (Å²) in [5, 5.41) is 2.62. The molecule has 60 valence electrons. The smallest absolute Gasteiger partial charge is 0.218 e. The van der Waals surface area contributed by atoms with E-state index in [1.54, 1.807) is 0 Å². The molecule has 0 fully saturated rings. The van der Waals surface area contributed by atoms with Gasteiger partial charge in [0.25, 0.3) is 0 Å². The van der Waals surface area contributed by atoms with Gasteiger partial charge in [-0.05, 0) is 5.41 Å². The van der Waals surface area contributed by atoms with Gasteiger partial charge in [0.2, 0.25) is 5.91 Å². The van der Waals surface area contributed by atoms with Gasteiger partial charge in [0.1, 0.15) is 0 Å². The van der Waals surface area contributed by atoms with E-state index in [-0.39, 0.29) is 17.5 Å². The Labute approximate surface area is 62.0 Å². The summed E-state index contributed by atoms with van der Waals surface area (Å²) in [7, 11) is 0. The second-order valence-electron chi connectivity index (χ2n) is 3.54. The molecule has 0 rings (SSSR count). The first-order valence-electron chi connectivity index (χ1n) is 3.36. The number of rotatable bonds is 1. The maximum atomic E-state index is 10.5. The normalized spacial score (nSPS) is 14.5. The maximum Gasteiger partial charge on any atom is 0.218 e. The predicted octanol–water partition coefficient (Wildman–Crippen LogP) is 0.453. The number of carbonyl (C=O) groups excluding carboxylic acids is 1. The topological polar surface area (TPSA) is 55.1 Å². The fourth-order valence-electron chi connectivity index (χ4n) is 0.435. The molecule has 3 heteroatoms. The zero-order valence-corrected chi connectivity index (χ0v) is 7.06. The number of nitrogens with two attached hydrogens (primary N) is 1. The highest BCUT2D eigenvalue weighted by atomic mass is 16.1. The van der Waals surface area contributed by atoms with Crippen LogP contribution in [0.25, 0.3) is 0 Å². The molecular formula is C7H16N2O. The number of carbonyl (C=O) groups is 1. The van der Waals surface area contributed by atoms with Gasteiger partial charge < -0.3 is 11.1 Å². The van der Waals surface area contributed by atoms with Gasteiger partial charge in [0.05, 0.1) is 6.17 Å². The van der Waals surface area contributed by atoms with Crippen molar-refractivity contribution in [1.82, 2.24) is 5.32 Å². The fourth-order valence-corrected chi connectivity index (χ4v) is 0.435. The molecule has 0 aromatic rings. The second kappa shape index (κ2) is 3.01. The fraction of sp³-hybridized carbons (Fsp3) is 0.857. The molecule has 3 N–H and O–H groups in total. The van der Waals surface area contributed by atoms with Crippen molar-refractivity contribution < 1.29 is 4.79 Å². The predicted molar refractivity (Wildman–Crippen MR) is 41.2 cm³/mol. The first kappa shape index (κ1) is 9.43. The number of amides is 1. The summed E-state index contributed by atoms with van der Waals surface area (Å²) in [6.07, 6.45) is -0.259. The Bertz CT molecular complexity index is 126. The molecule has 0 radical (unpaired) electrons. The summed E-state index contributed by atoms with van der Waals surface area (Å²) in [5.74, 6) is -0.0811. The third-order valence-corrected chi connectivity index (χ3v) is 1.29. The summed E-state index contributed by atoms with van der Waals surface area (Å²) in [6.45, 7) is 7.40. The van der Waals surface area contributed by atoms with Crippen LogP contribution in [0.1, 0.15) is 27.7 Å². The number of nitrogens with one attached hydrogen (secondary N) is 1. The van der Waals surface area contributed by atoms with Crippen LogP contribution in [-0.4, -0.2) is 12.1 Å². The van der Waals surface area contributed by atoms with E-state index in [0.29, 0.717) is 0 Å². The highest BCUT2D eigenvalue weighted by molar-refractivity contribution is 5.73. The zero-order chi connectivity index (χ0) is 8.36. The lowest BCUT2D eigenvalue weighted by molar-refractivity contribution is -0.120. The van der Waals surface area contributed by atoms with E-state index in [4.69, 9.17) is 5.73 Å². The van der Waals surface area contributed by atoms with Crippen LogP contribution in [0.3, 0.4) is 0 Å². The van der Waals surface area contributed by atoms with E-state index in [1.165, 1.54) is 6.92 Å². The lowest BCUT2D eigenvalue weighted by atomic mass is 9.93. The Morgan fingerprint density at radius 1 is 1.50 bits per heavy atom.